The summed E-state index contributed by atoms with van der Waals surface area (Å²) in [4.78, 5) is 3.82. The maximum atomic E-state index is 12.5. The minimum Gasteiger partial charge on any atom is -0.507 e. The van der Waals surface area contributed by atoms with E-state index >= 15 is 0 Å². The van der Waals surface area contributed by atoms with Gasteiger partial charge < -0.3 is 5.11 Å². The number of aromatic nitrogens is 1. The highest BCUT2D eigenvalue weighted by Gasteiger charge is 2.30. The summed E-state index contributed by atoms with van der Waals surface area (Å²) in [7, 11) is 0. The van der Waals surface area contributed by atoms with Crippen molar-refractivity contribution in [2.75, 3.05) is 0 Å². The Kier molecular flexibility index (Phi) is 3.70. The fourth-order valence-corrected chi connectivity index (χ4v) is 1.93. The Morgan fingerprint density at radius 2 is 1.57 bits per heavy atom. The van der Waals surface area contributed by atoms with Gasteiger partial charge in [-0.2, -0.15) is 13.2 Å². The van der Waals surface area contributed by atoms with Crippen LogP contribution in [-0.2, 0) is 11.6 Å². The molecule has 1 heterocycles. The molecule has 0 atom stereocenters. The van der Waals surface area contributed by atoms with Gasteiger partial charge in [0.2, 0.25) is 0 Å². The number of phenols is 1. The van der Waals surface area contributed by atoms with Gasteiger partial charge in [0.1, 0.15) is 5.75 Å². The number of hydrogen-bond donors (Lipinski definition) is 1. The van der Waals surface area contributed by atoms with E-state index in [-0.39, 0.29) is 11.2 Å². The lowest BCUT2D eigenvalue weighted by atomic mass is 9.85. The van der Waals surface area contributed by atoms with Crippen LogP contribution in [0.3, 0.4) is 0 Å². The van der Waals surface area contributed by atoms with Crippen molar-refractivity contribution in [2.24, 2.45) is 0 Å². The molecule has 0 spiro atoms. The van der Waals surface area contributed by atoms with Crippen molar-refractivity contribution in [3.05, 3.63) is 47.7 Å². The Morgan fingerprint density at radius 3 is 2.05 bits per heavy atom. The molecule has 1 aromatic heterocycles. The highest BCUT2D eigenvalue weighted by atomic mass is 19.4. The first kappa shape index (κ1) is 15.4. The lowest BCUT2D eigenvalue weighted by Gasteiger charge is -2.20. The zero-order chi connectivity index (χ0) is 15.8. The summed E-state index contributed by atoms with van der Waals surface area (Å²) in [5, 5.41) is 9.92. The summed E-state index contributed by atoms with van der Waals surface area (Å²) in [6.07, 6.45) is -3.64. The first-order chi connectivity index (χ1) is 9.59. The molecule has 2 nitrogen and oxygen atoms in total. The van der Waals surface area contributed by atoms with Crippen LogP contribution in [0.2, 0.25) is 0 Å². The molecule has 0 amide bonds. The standard InChI is InChI=1S/C16H16F3NO/c1-15(2,3)10-5-7-14(21)12(8-10)13-6-4-11(9-20-13)16(17,18)19/h4-9,21H,1-3H3. The third-order valence-corrected chi connectivity index (χ3v) is 3.23. The first-order valence-electron chi connectivity index (χ1n) is 6.46. The molecule has 0 aliphatic carbocycles. The Hall–Kier alpha value is -2.04. The lowest BCUT2D eigenvalue weighted by molar-refractivity contribution is -0.137. The molecule has 0 saturated carbocycles. The maximum absolute atomic E-state index is 12.5. The van der Waals surface area contributed by atoms with Crippen molar-refractivity contribution in [3.8, 4) is 17.0 Å². The van der Waals surface area contributed by atoms with Gasteiger partial charge in [0.25, 0.3) is 0 Å². The maximum Gasteiger partial charge on any atom is 0.417 e. The van der Waals surface area contributed by atoms with Crippen LogP contribution >= 0.6 is 0 Å². The first-order valence-corrected chi connectivity index (χ1v) is 6.46. The number of phenolic OH excluding ortho intramolecular Hbond substituents is 1. The Morgan fingerprint density at radius 1 is 0.952 bits per heavy atom. The van der Waals surface area contributed by atoms with Gasteiger partial charge in [0.05, 0.1) is 11.3 Å². The number of hydrogen-bond acceptors (Lipinski definition) is 2. The molecule has 21 heavy (non-hydrogen) atoms. The summed E-state index contributed by atoms with van der Waals surface area (Å²) in [6, 6.07) is 7.32. The zero-order valence-corrected chi connectivity index (χ0v) is 12.0. The van der Waals surface area contributed by atoms with Crippen LogP contribution in [0.4, 0.5) is 13.2 Å². The fraction of sp³-hybridized carbons (Fsp3) is 0.312. The van der Waals surface area contributed by atoms with E-state index in [1.165, 1.54) is 12.1 Å². The van der Waals surface area contributed by atoms with Gasteiger partial charge in [-0.1, -0.05) is 26.8 Å². The zero-order valence-electron chi connectivity index (χ0n) is 12.0. The molecule has 2 aromatic rings. The van der Waals surface area contributed by atoms with Crippen LogP contribution in [0, 0.1) is 0 Å². The number of halogens is 3. The molecule has 0 saturated heterocycles. The van der Waals surface area contributed by atoms with Crippen LogP contribution in [0.25, 0.3) is 11.3 Å². The van der Waals surface area contributed by atoms with Gasteiger partial charge in [-0.05, 0) is 35.2 Å². The molecular formula is C16H16F3NO. The fourth-order valence-electron chi connectivity index (χ4n) is 1.93. The normalized spacial score (nSPS) is 12.5. The van der Waals surface area contributed by atoms with Crippen molar-refractivity contribution in [3.63, 3.8) is 0 Å². The van der Waals surface area contributed by atoms with E-state index in [4.69, 9.17) is 0 Å². The molecule has 112 valence electrons. The monoisotopic (exact) mass is 295 g/mol. The minimum atomic E-state index is -4.42. The van der Waals surface area contributed by atoms with Crippen LogP contribution in [0.15, 0.2) is 36.5 Å². The van der Waals surface area contributed by atoms with Crippen molar-refractivity contribution in [1.29, 1.82) is 0 Å². The van der Waals surface area contributed by atoms with E-state index in [9.17, 15) is 18.3 Å². The number of rotatable bonds is 1. The molecule has 1 N–H and O–H groups in total. The molecule has 0 unspecified atom stereocenters. The largest absolute Gasteiger partial charge is 0.507 e. The lowest BCUT2D eigenvalue weighted by Crippen LogP contribution is -2.11. The minimum absolute atomic E-state index is 0.00439. The Bertz CT molecular complexity index is 640. The molecule has 0 bridgehead atoms. The van der Waals surface area contributed by atoms with Crippen LogP contribution in [-0.4, -0.2) is 10.1 Å². The molecule has 0 fully saturated rings. The molecule has 1 aromatic carbocycles. The number of pyridine rings is 1. The molecular weight excluding hydrogens is 279 g/mol. The number of alkyl halides is 3. The summed E-state index contributed by atoms with van der Waals surface area (Å²) in [6.45, 7) is 6.05. The number of aromatic hydroxyl groups is 1. The van der Waals surface area contributed by atoms with E-state index in [0.29, 0.717) is 11.3 Å². The van der Waals surface area contributed by atoms with Gasteiger partial charge >= 0.3 is 6.18 Å². The van der Waals surface area contributed by atoms with E-state index < -0.39 is 11.7 Å². The van der Waals surface area contributed by atoms with Gasteiger partial charge in [-0.25, -0.2) is 0 Å². The second-order valence-electron chi connectivity index (χ2n) is 5.91. The van der Waals surface area contributed by atoms with Gasteiger partial charge in [-0.3, -0.25) is 4.98 Å². The third-order valence-electron chi connectivity index (χ3n) is 3.23. The number of benzene rings is 1. The highest BCUT2D eigenvalue weighted by Crippen LogP contribution is 2.34. The summed E-state index contributed by atoms with van der Waals surface area (Å²) >= 11 is 0. The molecule has 0 aliphatic heterocycles. The quantitative estimate of drug-likeness (QED) is 0.822. The predicted molar refractivity (Wildman–Crippen MR) is 75.0 cm³/mol. The third kappa shape index (κ3) is 3.35. The van der Waals surface area contributed by atoms with Gasteiger partial charge in [-0.15, -0.1) is 0 Å². The number of nitrogens with zero attached hydrogens (tertiary/aromatic N) is 1. The molecule has 0 radical (unpaired) electrons. The van der Waals surface area contributed by atoms with Gasteiger partial charge in [0, 0.05) is 11.8 Å². The van der Waals surface area contributed by atoms with Crippen molar-refractivity contribution >= 4 is 0 Å². The smallest absolute Gasteiger partial charge is 0.417 e. The highest BCUT2D eigenvalue weighted by molar-refractivity contribution is 5.68. The van der Waals surface area contributed by atoms with Crippen LogP contribution < -0.4 is 0 Å². The molecule has 5 heteroatoms. The summed E-state index contributed by atoms with van der Waals surface area (Å²) < 4.78 is 37.6. The van der Waals surface area contributed by atoms with Crippen molar-refractivity contribution in [2.45, 2.75) is 32.4 Å². The predicted octanol–water partition coefficient (Wildman–Crippen LogP) is 4.77. The average molecular weight is 295 g/mol. The summed E-state index contributed by atoms with van der Waals surface area (Å²) in [5.41, 5.74) is 0.770. The summed E-state index contributed by atoms with van der Waals surface area (Å²) in [5.74, 6) is -0.00439. The van der Waals surface area contributed by atoms with Crippen LogP contribution in [0.5, 0.6) is 5.75 Å². The van der Waals surface area contributed by atoms with E-state index in [1.54, 1.807) is 12.1 Å². The van der Waals surface area contributed by atoms with E-state index in [1.807, 2.05) is 20.8 Å². The van der Waals surface area contributed by atoms with E-state index in [0.717, 1.165) is 17.8 Å². The average Bonchev–Trinajstić information content (AvgIpc) is 2.37. The second kappa shape index (κ2) is 5.06. The van der Waals surface area contributed by atoms with Crippen molar-refractivity contribution < 1.29 is 18.3 Å². The molecule has 2 rings (SSSR count). The van der Waals surface area contributed by atoms with Crippen LogP contribution in [0.1, 0.15) is 31.9 Å². The Labute approximate surface area is 121 Å². The Balaban J connectivity index is 2.47. The van der Waals surface area contributed by atoms with Crippen molar-refractivity contribution in [1.82, 2.24) is 4.98 Å². The SMILES string of the molecule is CC(C)(C)c1ccc(O)c(-c2ccc(C(F)(F)F)cn2)c1. The van der Waals surface area contributed by atoms with E-state index in [2.05, 4.69) is 4.98 Å². The van der Waals surface area contributed by atoms with Gasteiger partial charge in [0.15, 0.2) is 0 Å². The topological polar surface area (TPSA) is 33.1 Å². The molecule has 0 aliphatic rings. The second-order valence-corrected chi connectivity index (χ2v) is 5.91.